The molecule has 40 valence electrons. The zero-order valence-corrected chi connectivity index (χ0v) is 4.59. The number of hydrogen-bond acceptors (Lipinski definition) is 1. The maximum atomic E-state index is 5.41. The predicted octanol–water partition coefficient (Wildman–Crippen LogP) is 0.686. The van der Waals surface area contributed by atoms with Crippen LogP contribution in [0.5, 0.6) is 0 Å². The Labute approximate surface area is 44.1 Å². The first-order chi connectivity index (χ1) is 3.31. The van der Waals surface area contributed by atoms with Crippen LogP contribution >= 0.6 is 0 Å². The Morgan fingerprint density at radius 2 is 2.43 bits per heavy atom. The van der Waals surface area contributed by atoms with E-state index in [9.17, 15) is 0 Å². The van der Waals surface area contributed by atoms with Crippen LogP contribution in [0.2, 0.25) is 0 Å². The van der Waals surface area contributed by atoms with Crippen LogP contribution < -0.4 is 5.73 Å². The van der Waals surface area contributed by atoms with Gasteiger partial charge in [0.1, 0.15) is 0 Å². The van der Waals surface area contributed by atoms with E-state index in [1.807, 2.05) is 6.92 Å². The molecule has 7 heavy (non-hydrogen) atoms. The molecule has 1 atom stereocenters. The molecule has 0 aromatic heterocycles. The van der Waals surface area contributed by atoms with Crippen molar-refractivity contribution in [1.29, 1.82) is 0 Å². The molecule has 0 aliphatic carbocycles. The average Bonchev–Trinajstić information content (AvgIpc) is 1.68. The van der Waals surface area contributed by atoms with Gasteiger partial charge in [-0.1, -0.05) is 11.8 Å². The van der Waals surface area contributed by atoms with Gasteiger partial charge in [0.05, 0.1) is 6.04 Å². The molecule has 0 aliphatic rings. The van der Waals surface area contributed by atoms with Gasteiger partial charge < -0.3 is 5.73 Å². The third-order valence-corrected chi connectivity index (χ3v) is 0.864. The van der Waals surface area contributed by atoms with Crippen molar-refractivity contribution in [2.75, 3.05) is 6.54 Å². The van der Waals surface area contributed by atoms with Crippen molar-refractivity contribution in [2.45, 2.75) is 19.4 Å². The van der Waals surface area contributed by atoms with Gasteiger partial charge in [-0.15, -0.1) is 0 Å². The summed E-state index contributed by atoms with van der Waals surface area (Å²) >= 11 is 0. The van der Waals surface area contributed by atoms with E-state index in [4.69, 9.17) is 12.3 Å². The Balaban J connectivity index is 3.03. The van der Waals surface area contributed by atoms with Gasteiger partial charge in [-0.2, -0.15) is 0 Å². The van der Waals surface area contributed by atoms with Gasteiger partial charge in [0.15, 0.2) is 0 Å². The Hall–Kier alpha value is -0.550. The molecule has 2 heteroatoms. The number of nitrogens with two attached hydrogens (primary N) is 1. The second-order valence-electron chi connectivity index (χ2n) is 1.53. The smallest absolute Gasteiger partial charge is 0.278 e. The lowest BCUT2D eigenvalue weighted by Gasteiger charge is -1.92. The third kappa shape index (κ3) is 3.28. The number of hydrogen-bond donors (Lipinski definition) is 1. The van der Waals surface area contributed by atoms with Crippen LogP contribution in [-0.4, -0.2) is 12.6 Å². The fourth-order valence-corrected chi connectivity index (χ4v) is 0.264. The molecule has 0 heterocycles. The van der Waals surface area contributed by atoms with E-state index in [-0.39, 0.29) is 6.04 Å². The van der Waals surface area contributed by atoms with Gasteiger partial charge in [-0.05, 0) is 6.42 Å². The first-order valence-electron chi connectivity index (χ1n) is 2.43. The van der Waals surface area contributed by atoms with Crippen molar-refractivity contribution in [2.24, 2.45) is 5.73 Å². The molecule has 2 nitrogen and oxygen atoms in total. The Morgan fingerprint density at radius 3 is 2.57 bits per heavy atom. The molecule has 1 unspecified atom stereocenters. The maximum absolute atomic E-state index is 5.41. The van der Waals surface area contributed by atoms with Crippen molar-refractivity contribution < 1.29 is 0 Å². The topological polar surface area (TPSA) is 30.4 Å². The van der Waals surface area contributed by atoms with E-state index in [2.05, 4.69) is 4.85 Å². The van der Waals surface area contributed by atoms with Crippen molar-refractivity contribution in [3.8, 4) is 6.57 Å². The van der Waals surface area contributed by atoms with Crippen molar-refractivity contribution in [3.63, 3.8) is 0 Å². The summed E-state index contributed by atoms with van der Waals surface area (Å²) in [6.45, 7) is 7.44. The SMILES string of the molecule is C#[N+]CC(N)CC. The normalized spacial score (nSPS) is 12.7. The molecule has 0 rings (SSSR count). The van der Waals surface area contributed by atoms with E-state index in [1.54, 1.807) is 0 Å². The molecule has 0 saturated carbocycles. The van der Waals surface area contributed by atoms with Crippen molar-refractivity contribution in [1.82, 2.24) is 0 Å². The molecule has 0 aromatic carbocycles. The molecule has 0 aliphatic heterocycles. The van der Waals surface area contributed by atoms with Crippen LogP contribution in [0.3, 0.4) is 0 Å². The van der Waals surface area contributed by atoms with Gasteiger partial charge in [0.2, 0.25) is 0 Å². The van der Waals surface area contributed by atoms with Crippen LogP contribution in [0.25, 0.3) is 4.85 Å². The van der Waals surface area contributed by atoms with Crippen LogP contribution in [0.15, 0.2) is 0 Å². The van der Waals surface area contributed by atoms with Crippen molar-refractivity contribution in [3.05, 3.63) is 4.85 Å². The zero-order chi connectivity index (χ0) is 5.70. The Bertz CT molecular complexity index is 72.6. The molecular formula is C5H11N2+. The highest BCUT2D eigenvalue weighted by atomic mass is 14.7. The van der Waals surface area contributed by atoms with Crippen LogP contribution in [0, 0.1) is 6.57 Å². The minimum absolute atomic E-state index is 0.157. The number of rotatable bonds is 2. The van der Waals surface area contributed by atoms with E-state index < -0.39 is 0 Å². The molecule has 0 amide bonds. The highest BCUT2D eigenvalue weighted by Crippen LogP contribution is 1.83. The summed E-state index contributed by atoms with van der Waals surface area (Å²) in [5.41, 5.74) is 5.41. The highest BCUT2D eigenvalue weighted by Gasteiger charge is 2.00. The molecular weight excluding hydrogens is 88.1 g/mol. The second kappa shape index (κ2) is 3.63. The predicted molar refractivity (Wildman–Crippen MR) is 31.4 cm³/mol. The van der Waals surface area contributed by atoms with Gasteiger partial charge >= 0.3 is 0 Å². The largest absolute Gasteiger partial charge is 0.321 e. The summed E-state index contributed by atoms with van der Waals surface area (Å²) in [4.78, 5) is 3.38. The summed E-state index contributed by atoms with van der Waals surface area (Å²) in [5.74, 6) is 0. The molecule has 2 N–H and O–H groups in total. The first-order valence-corrected chi connectivity index (χ1v) is 2.43. The van der Waals surface area contributed by atoms with Crippen molar-refractivity contribution >= 4 is 0 Å². The molecule has 0 fully saturated rings. The summed E-state index contributed by atoms with van der Waals surface area (Å²) < 4.78 is 0. The van der Waals surface area contributed by atoms with Gasteiger partial charge in [-0.3, -0.25) is 0 Å². The van der Waals surface area contributed by atoms with Crippen LogP contribution in [0.4, 0.5) is 0 Å². The van der Waals surface area contributed by atoms with E-state index in [1.165, 1.54) is 0 Å². The van der Waals surface area contributed by atoms with E-state index in [0.29, 0.717) is 6.54 Å². The average molecular weight is 99.2 g/mol. The quantitative estimate of drug-likeness (QED) is 0.542. The lowest BCUT2D eigenvalue weighted by atomic mass is 10.2. The molecule has 0 spiro atoms. The standard InChI is InChI=1S/C5H11N2/c1-3-5(6)4-7-2/h2,5H,3-4,6H2,1H3/q+1. The Morgan fingerprint density at radius 1 is 1.86 bits per heavy atom. The fraction of sp³-hybridized carbons (Fsp3) is 0.800. The molecule has 0 bridgehead atoms. The summed E-state index contributed by atoms with van der Waals surface area (Å²) in [5, 5.41) is 0. The summed E-state index contributed by atoms with van der Waals surface area (Å²) in [6, 6.07) is 0.157. The maximum Gasteiger partial charge on any atom is 0.278 e. The number of nitrogens with zero attached hydrogens (tertiary/aromatic N) is 1. The fourth-order valence-electron chi connectivity index (χ4n) is 0.264. The lowest BCUT2D eigenvalue weighted by Crippen LogP contribution is -2.20. The molecule has 0 saturated heterocycles. The minimum Gasteiger partial charge on any atom is -0.321 e. The van der Waals surface area contributed by atoms with Crippen LogP contribution in [0.1, 0.15) is 13.3 Å². The van der Waals surface area contributed by atoms with Gasteiger partial charge in [0.25, 0.3) is 13.1 Å². The minimum atomic E-state index is 0.157. The molecule has 0 radical (unpaired) electrons. The monoisotopic (exact) mass is 99.1 g/mol. The van der Waals surface area contributed by atoms with Gasteiger partial charge in [0, 0.05) is 0 Å². The Kier molecular flexibility index (Phi) is 3.35. The second-order valence-corrected chi connectivity index (χ2v) is 1.53. The zero-order valence-electron chi connectivity index (χ0n) is 4.59. The third-order valence-electron chi connectivity index (χ3n) is 0.864. The van der Waals surface area contributed by atoms with E-state index in [0.717, 1.165) is 6.42 Å². The molecule has 0 aromatic rings. The van der Waals surface area contributed by atoms with Gasteiger partial charge in [-0.25, -0.2) is 0 Å². The summed E-state index contributed by atoms with van der Waals surface area (Å²) in [7, 11) is 0. The summed E-state index contributed by atoms with van der Waals surface area (Å²) in [6.07, 6.45) is 0.945. The highest BCUT2D eigenvalue weighted by molar-refractivity contribution is 4.74. The first kappa shape index (κ1) is 6.45. The van der Waals surface area contributed by atoms with Crippen LogP contribution in [-0.2, 0) is 0 Å². The van der Waals surface area contributed by atoms with E-state index >= 15 is 0 Å². The lowest BCUT2D eigenvalue weighted by molar-refractivity contribution is 0.696.